The molecule has 2 rings (SSSR count). The van der Waals surface area contributed by atoms with Crippen LogP contribution < -0.4 is 5.32 Å². The fourth-order valence-corrected chi connectivity index (χ4v) is 2.73. The van der Waals surface area contributed by atoms with Crippen molar-refractivity contribution in [3.05, 3.63) is 29.0 Å². The molecule has 0 fully saturated rings. The number of alkyl carbamates (subject to hydrolysis) is 1. The highest BCUT2D eigenvalue weighted by Gasteiger charge is 2.41. The summed E-state index contributed by atoms with van der Waals surface area (Å²) in [4.78, 5) is 13.6. The average Bonchev–Trinajstić information content (AvgIpc) is 2.82. The van der Waals surface area contributed by atoms with Gasteiger partial charge in [0.25, 0.3) is 0 Å². The summed E-state index contributed by atoms with van der Waals surface area (Å²) in [6.45, 7) is 4.32. The maximum atomic E-state index is 13.4. The number of amides is 1. The quantitative estimate of drug-likeness (QED) is 0.623. The smallest absolute Gasteiger partial charge is 0.431 e. The number of phenolic OH excluding ortho intramolecular Hbond substituents is 1. The van der Waals surface area contributed by atoms with Crippen molar-refractivity contribution >= 4 is 17.0 Å². The highest BCUT2D eigenvalue weighted by atomic mass is 19.4. The molecule has 0 aliphatic carbocycles. The minimum atomic E-state index is -5.08. The first kappa shape index (κ1) is 21.7. The van der Waals surface area contributed by atoms with E-state index in [2.05, 4.69) is 5.32 Å². The third kappa shape index (κ3) is 4.82. The van der Waals surface area contributed by atoms with Crippen molar-refractivity contribution < 1.29 is 41.0 Å². The number of aromatic amines is 1. The Labute approximate surface area is 155 Å². The molecule has 1 heterocycles. The van der Waals surface area contributed by atoms with Crippen LogP contribution in [0.15, 0.2) is 12.1 Å². The van der Waals surface area contributed by atoms with Crippen LogP contribution in [0.1, 0.15) is 37.6 Å². The van der Waals surface area contributed by atoms with Crippen molar-refractivity contribution in [2.45, 2.75) is 45.1 Å². The number of aromatic hydroxyl groups is 1. The monoisotopic (exact) mass is 412 g/mol. The molecule has 0 saturated heterocycles. The van der Waals surface area contributed by atoms with Gasteiger partial charge in [0.05, 0.1) is 0 Å². The number of H-pyrrole nitrogens is 1. The molecule has 2 aromatic rings. The number of rotatable bonds is 3. The predicted octanol–water partition coefficient (Wildman–Crippen LogP) is 4.98. The van der Waals surface area contributed by atoms with E-state index < -0.39 is 70.5 Å². The van der Waals surface area contributed by atoms with Crippen LogP contribution >= 0.6 is 0 Å². The lowest BCUT2D eigenvalue weighted by atomic mass is 10.0. The molecule has 0 radical (unpaired) electrons. The van der Waals surface area contributed by atoms with Gasteiger partial charge in [-0.15, -0.1) is 0 Å². The summed E-state index contributed by atoms with van der Waals surface area (Å²) in [5, 5.41) is 11.0. The summed E-state index contributed by atoms with van der Waals surface area (Å²) in [5.41, 5.74) is -4.92. The van der Waals surface area contributed by atoms with Gasteiger partial charge < -0.3 is 20.1 Å². The van der Waals surface area contributed by atoms with Gasteiger partial charge in [-0.05, 0) is 44.9 Å². The van der Waals surface area contributed by atoms with Crippen LogP contribution in [0, 0.1) is 0 Å². The number of halogens is 6. The number of hydrogen-bond acceptors (Lipinski definition) is 3. The molecule has 1 aromatic carbocycles. The van der Waals surface area contributed by atoms with E-state index >= 15 is 0 Å². The predicted molar refractivity (Wildman–Crippen MR) is 87.9 cm³/mol. The fourth-order valence-electron chi connectivity index (χ4n) is 2.73. The van der Waals surface area contributed by atoms with Crippen LogP contribution in [-0.4, -0.2) is 28.3 Å². The molecule has 0 spiro atoms. The molecule has 0 atom stereocenters. The van der Waals surface area contributed by atoms with Crippen molar-refractivity contribution in [3.8, 4) is 5.75 Å². The van der Waals surface area contributed by atoms with Gasteiger partial charge in [-0.2, -0.15) is 26.3 Å². The molecule has 1 aromatic heterocycles. The molecule has 0 bridgehead atoms. The number of aromatic nitrogens is 1. The third-order valence-corrected chi connectivity index (χ3v) is 3.66. The highest BCUT2D eigenvalue weighted by molar-refractivity contribution is 5.90. The topological polar surface area (TPSA) is 74.3 Å². The van der Waals surface area contributed by atoms with Crippen molar-refractivity contribution in [1.82, 2.24) is 10.3 Å². The Morgan fingerprint density at radius 2 is 1.71 bits per heavy atom. The SMILES string of the molecule is CC(C)(C)OC(=O)NCCc1c(C(F)(F)F)[nH]c2ccc(O)c(C(F)(F)F)c12. The zero-order valence-corrected chi connectivity index (χ0v) is 15.1. The number of benzene rings is 1. The Morgan fingerprint density at radius 3 is 2.21 bits per heavy atom. The average molecular weight is 412 g/mol. The van der Waals surface area contributed by atoms with Crippen LogP contribution in [0.25, 0.3) is 10.9 Å². The third-order valence-electron chi connectivity index (χ3n) is 3.66. The van der Waals surface area contributed by atoms with E-state index in [-0.39, 0.29) is 0 Å². The molecule has 28 heavy (non-hydrogen) atoms. The van der Waals surface area contributed by atoms with Crippen molar-refractivity contribution in [2.24, 2.45) is 0 Å². The van der Waals surface area contributed by atoms with Crippen LogP contribution in [0.5, 0.6) is 5.75 Å². The lowest BCUT2D eigenvalue weighted by Gasteiger charge is -2.19. The molecule has 156 valence electrons. The number of carbonyl (C=O) groups is 1. The highest BCUT2D eigenvalue weighted by Crippen LogP contribution is 2.45. The van der Waals surface area contributed by atoms with Crippen LogP contribution in [0.2, 0.25) is 0 Å². The summed E-state index contributed by atoms with van der Waals surface area (Å²) >= 11 is 0. The Kier molecular flexibility index (Phi) is 5.50. The van der Waals surface area contributed by atoms with Gasteiger partial charge in [0.1, 0.15) is 22.6 Å². The number of fused-ring (bicyclic) bond motifs is 1. The van der Waals surface area contributed by atoms with Crippen molar-refractivity contribution in [2.75, 3.05) is 6.54 Å². The van der Waals surface area contributed by atoms with Crippen molar-refractivity contribution in [1.29, 1.82) is 0 Å². The van der Waals surface area contributed by atoms with E-state index in [1.165, 1.54) is 0 Å². The molecule has 11 heteroatoms. The second kappa shape index (κ2) is 7.10. The molecular weight excluding hydrogens is 394 g/mol. The zero-order chi connectivity index (χ0) is 21.5. The molecule has 0 aliphatic rings. The maximum Gasteiger partial charge on any atom is 0.431 e. The van der Waals surface area contributed by atoms with Gasteiger partial charge in [-0.3, -0.25) is 0 Å². The van der Waals surface area contributed by atoms with Crippen LogP contribution in [0.4, 0.5) is 31.1 Å². The summed E-state index contributed by atoms with van der Waals surface area (Å²) < 4.78 is 85.0. The molecule has 5 nitrogen and oxygen atoms in total. The summed E-state index contributed by atoms with van der Waals surface area (Å²) in [6, 6.07) is 1.60. The minimum absolute atomic E-state index is 0.405. The van der Waals surface area contributed by atoms with Crippen LogP contribution in [-0.2, 0) is 23.5 Å². The maximum absolute atomic E-state index is 13.4. The second-order valence-electron chi connectivity index (χ2n) is 7.03. The second-order valence-corrected chi connectivity index (χ2v) is 7.03. The number of carbonyl (C=O) groups excluding carboxylic acids is 1. The van der Waals surface area contributed by atoms with Gasteiger partial charge >= 0.3 is 18.4 Å². The Hall–Kier alpha value is -2.59. The normalized spacial score (nSPS) is 13.0. The number of alkyl halides is 6. The molecule has 0 aliphatic heterocycles. The van der Waals surface area contributed by atoms with Crippen LogP contribution in [0.3, 0.4) is 0 Å². The van der Waals surface area contributed by atoms with Gasteiger partial charge in [0, 0.05) is 17.4 Å². The van der Waals surface area contributed by atoms with Gasteiger partial charge in [0.2, 0.25) is 0 Å². The Bertz CT molecular complexity index is 878. The van der Waals surface area contributed by atoms with Gasteiger partial charge in [0.15, 0.2) is 0 Å². The summed E-state index contributed by atoms with van der Waals surface area (Å²) in [5.74, 6) is -1.19. The van der Waals surface area contributed by atoms with Crippen molar-refractivity contribution in [3.63, 3.8) is 0 Å². The molecule has 0 saturated carbocycles. The minimum Gasteiger partial charge on any atom is -0.507 e. The summed E-state index contributed by atoms with van der Waals surface area (Å²) in [7, 11) is 0. The van der Waals surface area contributed by atoms with E-state index in [4.69, 9.17) is 4.74 Å². The molecular formula is C17H18F6N2O3. The number of hydrogen-bond donors (Lipinski definition) is 3. The molecule has 0 unspecified atom stereocenters. The lowest BCUT2D eigenvalue weighted by molar-refractivity contribution is -0.141. The van der Waals surface area contributed by atoms with E-state index in [0.717, 1.165) is 6.07 Å². The standard InChI is InChI=1S/C17H18F6N2O3/c1-15(2,3)28-14(27)24-7-6-8-11-9(25-13(8)17(21,22)23)4-5-10(26)12(11)16(18,19)20/h4-5,25-26H,6-7H2,1-3H3,(H,24,27). The largest absolute Gasteiger partial charge is 0.507 e. The van der Waals surface area contributed by atoms with E-state index in [1.54, 1.807) is 20.8 Å². The van der Waals surface area contributed by atoms with E-state index in [9.17, 15) is 36.2 Å². The number of phenols is 1. The Morgan fingerprint density at radius 1 is 1.11 bits per heavy atom. The Balaban J connectivity index is 2.47. The number of ether oxygens (including phenoxy) is 1. The zero-order valence-electron chi connectivity index (χ0n) is 15.1. The van der Waals surface area contributed by atoms with Gasteiger partial charge in [-0.25, -0.2) is 4.79 Å². The summed E-state index contributed by atoms with van der Waals surface area (Å²) in [6.07, 6.45) is -11.5. The molecule has 1 amide bonds. The first-order valence-corrected chi connectivity index (χ1v) is 8.09. The molecule has 3 N–H and O–H groups in total. The van der Waals surface area contributed by atoms with E-state index in [0.29, 0.717) is 6.07 Å². The van der Waals surface area contributed by atoms with E-state index in [1.807, 2.05) is 4.98 Å². The first-order chi connectivity index (χ1) is 12.6. The lowest BCUT2D eigenvalue weighted by Crippen LogP contribution is -2.33. The first-order valence-electron chi connectivity index (χ1n) is 8.09. The number of nitrogens with one attached hydrogen (secondary N) is 2. The van der Waals surface area contributed by atoms with Gasteiger partial charge in [-0.1, -0.05) is 0 Å². The fraction of sp³-hybridized carbons (Fsp3) is 0.471.